The van der Waals surface area contributed by atoms with E-state index in [2.05, 4.69) is 362 Å². The number of benzene rings is 22. The number of aromatic nitrogens is 9. The number of para-hydroxylation sites is 4. The fraction of sp³-hybridized carbons (Fsp3) is 0. The van der Waals surface area contributed by atoms with Gasteiger partial charge in [-0.1, -0.05) is 382 Å². The van der Waals surface area contributed by atoms with Gasteiger partial charge >= 0.3 is 0 Å². The van der Waals surface area contributed by atoms with E-state index in [4.69, 9.17) is 49.3 Å². The quantitative estimate of drug-likeness (QED) is 0.134. The highest BCUT2D eigenvalue weighted by Crippen LogP contribution is 2.63. The molecule has 4 aliphatic rings. The van der Waals surface area contributed by atoms with Gasteiger partial charge < -0.3 is 24.2 Å². The molecule has 5 aromatic heterocycles. The molecule has 0 bridgehead atoms. The molecule has 0 saturated heterocycles. The average molecular weight is 1930 g/mol. The van der Waals surface area contributed by atoms with Crippen LogP contribution in [-0.2, 0) is 0 Å². The number of rotatable bonds is 9. The van der Waals surface area contributed by atoms with Crippen molar-refractivity contribution in [3.63, 3.8) is 0 Å². The van der Waals surface area contributed by atoms with Crippen LogP contribution in [0.5, 0.6) is 23.0 Å². The van der Waals surface area contributed by atoms with Gasteiger partial charge in [-0.25, -0.2) is 24.9 Å². The molecule has 0 N–H and O–H groups in total. The van der Waals surface area contributed by atoms with Crippen LogP contribution in [0.25, 0.3) is 142 Å². The second-order valence-electron chi connectivity index (χ2n) is 37.1. The molecule has 27 aromatic rings. The molecule has 22 aromatic carbocycles. The van der Waals surface area contributed by atoms with E-state index in [-0.39, 0.29) is 0 Å². The molecule has 0 fully saturated rings. The van der Waals surface area contributed by atoms with Crippen molar-refractivity contribution in [2.24, 2.45) is 0 Å². The summed E-state index contributed by atoms with van der Waals surface area (Å²) in [6, 6.07) is 170. The number of pyridine rings is 2. The first-order valence-corrected chi connectivity index (χ1v) is 50.0. The van der Waals surface area contributed by atoms with Crippen LogP contribution in [0.15, 0.2) is 516 Å². The van der Waals surface area contributed by atoms with E-state index in [1.165, 1.54) is 37.7 Å². The Labute approximate surface area is 862 Å². The van der Waals surface area contributed by atoms with Crippen LogP contribution in [0.1, 0.15) is 0 Å². The summed E-state index contributed by atoms with van der Waals surface area (Å²) in [5.74, 6) is 6.19. The number of fused-ring (bicyclic) bond motifs is 26. The molecule has 704 valence electrons. The molecule has 17 heteroatoms. The lowest BCUT2D eigenvalue weighted by molar-refractivity contribution is 0.483. The second-order valence-corrected chi connectivity index (χ2v) is 37.1. The third-order valence-corrected chi connectivity index (χ3v) is 28.4. The third kappa shape index (κ3) is 15.2. The normalized spacial score (nSPS) is 12.4. The maximum absolute atomic E-state index is 6.67. The lowest BCUT2D eigenvalue weighted by atomic mass is 9.97. The highest BCUT2D eigenvalue weighted by atomic mass is 16.5. The van der Waals surface area contributed by atoms with E-state index in [1.54, 1.807) is 6.20 Å². The topological polar surface area (TPSA) is 154 Å². The Hall–Kier alpha value is -20.7. The molecule has 4 aliphatic heterocycles. The largest absolute Gasteiger partial charge is 0.452 e. The van der Waals surface area contributed by atoms with Gasteiger partial charge in [-0.3, -0.25) is 24.7 Å². The summed E-state index contributed by atoms with van der Waals surface area (Å²) >= 11 is 0. The molecule has 17 nitrogen and oxygen atoms in total. The minimum Gasteiger partial charge on any atom is -0.452 e. The fourth-order valence-electron chi connectivity index (χ4n) is 21.5. The minimum absolute atomic E-state index is 0.533. The Morgan fingerprint density at radius 1 is 0.167 bits per heavy atom. The number of anilines is 18. The van der Waals surface area contributed by atoms with Crippen molar-refractivity contribution in [1.29, 1.82) is 0 Å². The predicted molar refractivity (Wildman–Crippen MR) is 613 cm³/mol. The molecule has 0 amide bonds. The molecular weight excluding hydrogens is 1840 g/mol. The molecular formula is C133H85N15O2. The van der Waals surface area contributed by atoms with E-state index in [0.717, 1.165) is 201 Å². The Balaban J connectivity index is 0.0000000963. The molecule has 0 unspecified atom stereocenters. The van der Waals surface area contributed by atoms with Gasteiger partial charge in [0.25, 0.3) is 0 Å². The van der Waals surface area contributed by atoms with Gasteiger partial charge in [0.1, 0.15) is 0 Å². The van der Waals surface area contributed by atoms with Crippen LogP contribution < -0.4 is 38.9 Å². The molecule has 0 aliphatic carbocycles. The van der Waals surface area contributed by atoms with Crippen molar-refractivity contribution < 1.29 is 9.47 Å². The van der Waals surface area contributed by atoms with Gasteiger partial charge in [-0.15, -0.1) is 0 Å². The lowest BCUT2D eigenvalue weighted by Crippen LogP contribution is -2.25. The zero-order valence-electron chi connectivity index (χ0n) is 80.6. The van der Waals surface area contributed by atoms with E-state index < -0.39 is 0 Å². The SMILES string of the molecule is c1ccc(-c2nc(-c3ccccc3)nc(N3c4ccc5ccccc5c4Oc4ccc5ccccc5c43)n2)cc1.c1ccc(N2c3ccc4ccccc4c3N(c3ccc(-c4ccccn4)nc3)c3ccc4ccccc4c32)cc1.c1ccc(N2c3ccc4ccccc4c3N(c3ncc4ccccc4n3)c3ccc4ccccc4c32)cc1.c1ccc2nc(N3c4ccc5ccccc5c4Oc4ccc5ccccc5c43)ncc2c1. The monoisotopic (exact) mass is 1920 g/mol. The molecule has 31 rings (SSSR count). The molecule has 0 saturated carbocycles. The van der Waals surface area contributed by atoms with Gasteiger partial charge in [-0.2, -0.15) is 9.97 Å². The van der Waals surface area contributed by atoms with E-state index in [0.29, 0.717) is 29.5 Å². The van der Waals surface area contributed by atoms with E-state index in [9.17, 15) is 0 Å². The summed E-state index contributed by atoms with van der Waals surface area (Å²) in [5.41, 5.74) is 21.2. The average Bonchev–Trinajstić information content (AvgIpc) is 0.707. The van der Waals surface area contributed by atoms with Crippen LogP contribution in [-0.4, -0.2) is 44.9 Å². The second kappa shape index (κ2) is 36.9. The predicted octanol–water partition coefficient (Wildman–Crippen LogP) is 35.5. The maximum Gasteiger partial charge on any atom is 0.239 e. The maximum atomic E-state index is 6.67. The Kier molecular flexibility index (Phi) is 21.5. The number of hydrogen-bond donors (Lipinski definition) is 0. The van der Waals surface area contributed by atoms with Crippen molar-refractivity contribution in [3.05, 3.63) is 516 Å². The highest BCUT2D eigenvalue weighted by molar-refractivity contribution is 6.20. The molecule has 9 heterocycles. The number of ether oxygens (including phenoxy) is 2. The van der Waals surface area contributed by atoms with Crippen LogP contribution in [0.4, 0.5) is 103 Å². The van der Waals surface area contributed by atoms with Gasteiger partial charge in [0.15, 0.2) is 34.6 Å². The standard InChI is InChI=1S/C36H24N4.C35H22N4O.C34H22N4.C28H17N3O/c1-2-12-27(13-3-1)39-33-21-17-26-11-5-7-15-30(26)36(33)40(34-22-18-25-10-4-6-14-29(25)35(34)39)28-19-20-32(38-24-28)31-16-8-9-23-37-31;1-3-13-25(14-4-1)33-36-34(26-15-5-2-6-16-26)38-35(37-33)39-29-21-19-24-12-8-10-18-28(24)32(29)40-30-22-20-23-11-7-9-17-27(23)31(30)39;1-2-13-26(14-3-1)37-30-20-18-24-11-5-8-16-28(24)33(30)38(34-35-22-25-12-6-9-17-29(25)36-34)31-21-19-23-10-4-7-15-27(23)32(31)37;1-4-10-21-18(7-1)14-16-25-26(21)31(28-29-17-20-9-3-6-12-23(20)30-28)24-15-13-19-8-2-5-11-22(19)27(24)32-25/h1-24H;1-22H;1-22H;1-17H. The molecule has 0 spiro atoms. The molecule has 0 atom stereocenters. The van der Waals surface area contributed by atoms with Gasteiger partial charge in [-0.05, 0) is 152 Å². The third-order valence-electron chi connectivity index (χ3n) is 28.4. The summed E-state index contributed by atoms with van der Waals surface area (Å²) in [6.45, 7) is 0. The first-order chi connectivity index (χ1) is 74.4. The zero-order chi connectivity index (χ0) is 99.1. The van der Waals surface area contributed by atoms with Crippen LogP contribution >= 0.6 is 0 Å². The van der Waals surface area contributed by atoms with Crippen molar-refractivity contribution >= 4 is 211 Å². The van der Waals surface area contributed by atoms with Gasteiger partial charge in [0.2, 0.25) is 17.8 Å². The van der Waals surface area contributed by atoms with Crippen molar-refractivity contribution in [3.8, 4) is 57.2 Å². The highest BCUT2D eigenvalue weighted by Gasteiger charge is 2.39. The van der Waals surface area contributed by atoms with Gasteiger partial charge in [0, 0.05) is 95.0 Å². The number of nitrogens with zero attached hydrogens (tertiary/aromatic N) is 15. The first-order valence-electron chi connectivity index (χ1n) is 50.0. The summed E-state index contributed by atoms with van der Waals surface area (Å²) in [7, 11) is 0. The first kappa shape index (κ1) is 87.1. The zero-order valence-corrected chi connectivity index (χ0v) is 80.6. The van der Waals surface area contributed by atoms with Crippen molar-refractivity contribution in [2.45, 2.75) is 0 Å². The Morgan fingerprint density at radius 2 is 0.460 bits per heavy atom. The van der Waals surface area contributed by atoms with Crippen LogP contribution in [0, 0.1) is 0 Å². The molecule has 150 heavy (non-hydrogen) atoms. The van der Waals surface area contributed by atoms with Crippen molar-refractivity contribution in [1.82, 2.24) is 44.9 Å². The van der Waals surface area contributed by atoms with E-state index in [1.807, 2.05) is 182 Å². The Bertz CT molecular complexity index is 9940. The van der Waals surface area contributed by atoms with E-state index >= 15 is 0 Å². The summed E-state index contributed by atoms with van der Waals surface area (Å²) in [5, 5.41) is 20.3. The van der Waals surface area contributed by atoms with Crippen LogP contribution in [0.3, 0.4) is 0 Å². The Morgan fingerprint density at radius 3 is 0.840 bits per heavy atom. The summed E-state index contributed by atoms with van der Waals surface area (Å²) in [6.07, 6.45) is 7.58. The number of hydrogen-bond acceptors (Lipinski definition) is 17. The van der Waals surface area contributed by atoms with Crippen LogP contribution in [0.2, 0.25) is 0 Å². The smallest absolute Gasteiger partial charge is 0.239 e. The lowest BCUT2D eigenvalue weighted by Gasteiger charge is -2.41. The fourth-order valence-corrected chi connectivity index (χ4v) is 21.5. The van der Waals surface area contributed by atoms with Gasteiger partial charge in [0.05, 0.1) is 103 Å². The summed E-state index contributed by atoms with van der Waals surface area (Å²) < 4.78 is 13.2. The summed E-state index contributed by atoms with van der Waals surface area (Å²) in [4.78, 5) is 57.8. The molecule has 0 radical (unpaired) electrons. The minimum atomic E-state index is 0.533. The van der Waals surface area contributed by atoms with Crippen molar-refractivity contribution in [2.75, 3.05) is 29.4 Å².